The molecule has 0 radical (unpaired) electrons. The summed E-state index contributed by atoms with van der Waals surface area (Å²) >= 11 is 0. The topological polar surface area (TPSA) is 79.3 Å². The van der Waals surface area contributed by atoms with E-state index in [1.54, 1.807) is 36.7 Å². The van der Waals surface area contributed by atoms with Gasteiger partial charge in [-0.15, -0.1) is 0 Å². The first-order chi connectivity index (χ1) is 10.1. The molecule has 0 spiro atoms. The van der Waals surface area contributed by atoms with Crippen molar-refractivity contribution >= 4 is 11.9 Å². The molecule has 108 valence electrons. The van der Waals surface area contributed by atoms with Crippen LogP contribution in [0, 0.1) is 0 Å². The van der Waals surface area contributed by atoms with Crippen molar-refractivity contribution in [2.75, 3.05) is 6.54 Å². The largest absolute Gasteiger partial charge is 0.478 e. The van der Waals surface area contributed by atoms with E-state index in [4.69, 9.17) is 5.11 Å². The first kappa shape index (κ1) is 14.7. The highest BCUT2D eigenvalue weighted by Gasteiger charge is 2.05. The van der Waals surface area contributed by atoms with E-state index in [1.807, 2.05) is 12.1 Å². The quantitative estimate of drug-likeness (QED) is 0.846. The molecule has 0 atom stereocenters. The van der Waals surface area contributed by atoms with Gasteiger partial charge in [-0.1, -0.05) is 18.2 Å². The molecule has 2 rings (SSSR count). The minimum Gasteiger partial charge on any atom is -0.478 e. The van der Waals surface area contributed by atoms with E-state index >= 15 is 0 Å². The molecule has 1 aromatic heterocycles. The molecule has 5 heteroatoms. The number of nitrogens with zero attached hydrogens (tertiary/aromatic N) is 1. The number of amides is 1. The van der Waals surface area contributed by atoms with Gasteiger partial charge in [-0.3, -0.25) is 9.78 Å². The van der Waals surface area contributed by atoms with Gasteiger partial charge in [0.1, 0.15) is 0 Å². The predicted molar refractivity (Wildman–Crippen MR) is 78.1 cm³/mol. The number of hydrogen-bond donors (Lipinski definition) is 2. The summed E-state index contributed by atoms with van der Waals surface area (Å²) in [6, 6.07) is 10.4. The van der Waals surface area contributed by atoms with Crippen molar-refractivity contribution in [1.82, 2.24) is 10.3 Å². The molecule has 0 saturated heterocycles. The van der Waals surface area contributed by atoms with Gasteiger partial charge in [0.15, 0.2) is 0 Å². The van der Waals surface area contributed by atoms with Crippen molar-refractivity contribution in [1.29, 1.82) is 0 Å². The van der Waals surface area contributed by atoms with Crippen LogP contribution in [0.3, 0.4) is 0 Å². The van der Waals surface area contributed by atoms with E-state index in [2.05, 4.69) is 10.3 Å². The van der Waals surface area contributed by atoms with Gasteiger partial charge in [0.05, 0.1) is 12.0 Å². The maximum absolute atomic E-state index is 11.7. The molecule has 0 bridgehead atoms. The standard InChI is InChI=1S/C16H16N2O3/c19-15(10-13-4-2-7-17-11-13)18-8-6-12-3-1-5-14(9-12)16(20)21/h1-5,7,9,11H,6,8,10H2,(H,18,19)(H,20,21). The highest BCUT2D eigenvalue weighted by molar-refractivity contribution is 5.87. The first-order valence-electron chi connectivity index (χ1n) is 6.63. The van der Waals surface area contributed by atoms with Crippen LogP contribution in [0.15, 0.2) is 48.8 Å². The Morgan fingerprint density at radius 2 is 1.95 bits per heavy atom. The van der Waals surface area contributed by atoms with Crippen LogP contribution in [0.5, 0.6) is 0 Å². The maximum Gasteiger partial charge on any atom is 0.335 e. The van der Waals surface area contributed by atoms with Crippen molar-refractivity contribution in [2.45, 2.75) is 12.8 Å². The van der Waals surface area contributed by atoms with Gasteiger partial charge in [-0.2, -0.15) is 0 Å². The van der Waals surface area contributed by atoms with Crippen molar-refractivity contribution < 1.29 is 14.7 Å². The molecule has 0 fully saturated rings. The summed E-state index contributed by atoms with van der Waals surface area (Å²) in [5.41, 5.74) is 2.01. The molecule has 2 N–H and O–H groups in total. The first-order valence-corrected chi connectivity index (χ1v) is 6.63. The van der Waals surface area contributed by atoms with E-state index in [-0.39, 0.29) is 11.5 Å². The molecule has 0 saturated carbocycles. The number of pyridine rings is 1. The summed E-state index contributed by atoms with van der Waals surface area (Å²) in [6.07, 6.45) is 4.22. The van der Waals surface area contributed by atoms with E-state index in [0.717, 1.165) is 11.1 Å². The van der Waals surface area contributed by atoms with Crippen molar-refractivity contribution in [3.8, 4) is 0 Å². The summed E-state index contributed by atoms with van der Waals surface area (Å²) in [6.45, 7) is 0.474. The molecule has 0 unspecified atom stereocenters. The predicted octanol–water partition coefficient (Wildman–Crippen LogP) is 1.68. The van der Waals surface area contributed by atoms with Gasteiger partial charge in [-0.25, -0.2) is 4.79 Å². The van der Waals surface area contributed by atoms with Crippen LogP contribution in [0.25, 0.3) is 0 Å². The third kappa shape index (κ3) is 4.72. The fraction of sp³-hybridized carbons (Fsp3) is 0.188. The lowest BCUT2D eigenvalue weighted by molar-refractivity contribution is -0.120. The second-order valence-corrected chi connectivity index (χ2v) is 4.64. The molecule has 5 nitrogen and oxygen atoms in total. The van der Waals surface area contributed by atoms with Crippen LogP contribution >= 0.6 is 0 Å². The van der Waals surface area contributed by atoms with Crippen molar-refractivity contribution in [3.63, 3.8) is 0 Å². The van der Waals surface area contributed by atoms with Gasteiger partial charge in [0.2, 0.25) is 5.91 Å². The summed E-state index contributed by atoms with van der Waals surface area (Å²) in [7, 11) is 0. The average molecular weight is 284 g/mol. The highest BCUT2D eigenvalue weighted by atomic mass is 16.4. The Kier molecular flexibility index (Phi) is 5.04. The zero-order chi connectivity index (χ0) is 15.1. The lowest BCUT2D eigenvalue weighted by atomic mass is 10.1. The van der Waals surface area contributed by atoms with Gasteiger partial charge in [0.25, 0.3) is 0 Å². The molecule has 1 amide bonds. The number of benzene rings is 1. The van der Waals surface area contributed by atoms with E-state index in [9.17, 15) is 9.59 Å². The third-order valence-corrected chi connectivity index (χ3v) is 3.00. The number of nitrogens with one attached hydrogen (secondary N) is 1. The maximum atomic E-state index is 11.7. The zero-order valence-electron chi connectivity index (χ0n) is 11.5. The lowest BCUT2D eigenvalue weighted by Crippen LogP contribution is -2.27. The SMILES string of the molecule is O=C(Cc1cccnc1)NCCc1cccc(C(=O)O)c1. The van der Waals surface area contributed by atoms with Crippen LogP contribution in [0.1, 0.15) is 21.5 Å². The summed E-state index contributed by atoms with van der Waals surface area (Å²) in [5.74, 6) is -1.02. The molecule has 0 aliphatic rings. The molecule has 21 heavy (non-hydrogen) atoms. The van der Waals surface area contributed by atoms with E-state index < -0.39 is 5.97 Å². The second-order valence-electron chi connectivity index (χ2n) is 4.64. The van der Waals surface area contributed by atoms with Crippen LogP contribution in [0.4, 0.5) is 0 Å². The van der Waals surface area contributed by atoms with E-state index in [1.165, 1.54) is 0 Å². The average Bonchev–Trinajstić information content (AvgIpc) is 2.48. The van der Waals surface area contributed by atoms with Gasteiger partial charge in [0, 0.05) is 18.9 Å². The van der Waals surface area contributed by atoms with Crippen LogP contribution in [-0.4, -0.2) is 28.5 Å². The van der Waals surface area contributed by atoms with Crippen LogP contribution in [-0.2, 0) is 17.6 Å². The van der Waals surface area contributed by atoms with Crippen LogP contribution < -0.4 is 5.32 Å². The Labute approximate surface area is 122 Å². The Morgan fingerprint density at radius 3 is 2.67 bits per heavy atom. The molecule has 2 aromatic rings. The third-order valence-electron chi connectivity index (χ3n) is 3.00. The molecule has 0 aliphatic heterocycles. The number of rotatable bonds is 6. The van der Waals surface area contributed by atoms with Gasteiger partial charge < -0.3 is 10.4 Å². The van der Waals surface area contributed by atoms with Crippen LogP contribution in [0.2, 0.25) is 0 Å². The zero-order valence-corrected chi connectivity index (χ0v) is 11.5. The number of carbonyl (C=O) groups is 2. The molecular weight excluding hydrogens is 268 g/mol. The Hall–Kier alpha value is -2.69. The molecule has 1 aromatic carbocycles. The summed E-state index contributed by atoms with van der Waals surface area (Å²) in [4.78, 5) is 26.6. The number of hydrogen-bond acceptors (Lipinski definition) is 3. The number of aromatic carboxylic acids is 1. The summed E-state index contributed by atoms with van der Waals surface area (Å²) < 4.78 is 0. The molecule has 1 heterocycles. The Morgan fingerprint density at radius 1 is 1.14 bits per heavy atom. The summed E-state index contributed by atoms with van der Waals surface area (Å²) in [5, 5.41) is 11.7. The lowest BCUT2D eigenvalue weighted by Gasteiger charge is -2.06. The fourth-order valence-electron chi connectivity index (χ4n) is 1.96. The number of carbonyl (C=O) groups excluding carboxylic acids is 1. The normalized spacial score (nSPS) is 10.1. The molecular formula is C16H16N2O3. The van der Waals surface area contributed by atoms with Crippen molar-refractivity contribution in [2.24, 2.45) is 0 Å². The van der Waals surface area contributed by atoms with Crippen molar-refractivity contribution in [3.05, 3.63) is 65.5 Å². The number of carboxylic acid groups (broad SMARTS) is 1. The Balaban J connectivity index is 1.80. The van der Waals surface area contributed by atoms with E-state index in [0.29, 0.717) is 19.4 Å². The van der Waals surface area contributed by atoms with Gasteiger partial charge in [-0.05, 0) is 35.7 Å². The number of aromatic nitrogens is 1. The second kappa shape index (κ2) is 7.19. The minimum atomic E-state index is -0.947. The van der Waals surface area contributed by atoms with Gasteiger partial charge >= 0.3 is 5.97 Å². The Bertz CT molecular complexity index is 626. The fourth-order valence-corrected chi connectivity index (χ4v) is 1.96. The highest BCUT2D eigenvalue weighted by Crippen LogP contribution is 2.05. The number of carboxylic acids is 1. The minimum absolute atomic E-state index is 0.0719. The molecule has 0 aliphatic carbocycles. The smallest absolute Gasteiger partial charge is 0.335 e. The monoisotopic (exact) mass is 284 g/mol.